The number of nitrogen functional groups attached to an aromatic ring is 1. The van der Waals surface area contributed by atoms with Gasteiger partial charge in [-0.25, -0.2) is 4.98 Å². The SMILES string of the molecule is CCc1cccnc1CNc1nccc(C)c1N. The van der Waals surface area contributed by atoms with Gasteiger partial charge in [0.05, 0.1) is 17.9 Å². The summed E-state index contributed by atoms with van der Waals surface area (Å²) >= 11 is 0. The molecule has 0 aliphatic heterocycles. The highest BCUT2D eigenvalue weighted by Crippen LogP contribution is 2.19. The standard InChI is InChI=1S/C14H18N4/c1-3-11-5-4-7-16-12(11)9-18-14-13(15)10(2)6-8-17-14/h4-8H,3,9,15H2,1-2H3,(H,17,18). The molecule has 0 amide bonds. The van der Waals surface area contributed by atoms with E-state index in [0.717, 1.165) is 23.5 Å². The predicted octanol–water partition coefficient (Wildman–Crippen LogP) is 2.54. The molecule has 2 heterocycles. The van der Waals surface area contributed by atoms with Gasteiger partial charge in [0, 0.05) is 12.4 Å². The van der Waals surface area contributed by atoms with E-state index in [9.17, 15) is 0 Å². The molecule has 2 aromatic heterocycles. The third-order valence-corrected chi connectivity index (χ3v) is 3.00. The molecule has 0 bridgehead atoms. The molecule has 0 atom stereocenters. The van der Waals surface area contributed by atoms with E-state index in [4.69, 9.17) is 5.73 Å². The maximum atomic E-state index is 5.97. The van der Waals surface area contributed by atoms with Crippen LogP contribution in [0.5, 0.6) is 0 Å². The van der Waals surface area contributed by atoms with Gasteiger partial charge in [0.2, 0.25) is 0 Å². The van der Waals surface area contributed by atoms with Gasteiger partial charge < -0.3 is 11.1 Å². The van der Waals surface area contributed by atoms with Gasteiger partial charge in [-0.2, -0.15) is 0 Å². The first kappa shape index (κ1) is 12.4. The van der Waals surface area contributed by atoms with E-state index in [1.807, 2.05) is 25.3 Å². The Hall–Kier alpha value is -2.10. The summed E-state index contributed by atoms with van der Waals surface area (Å²) in [6, 6.07) is 5.96. The maximum Gasteiger partial charge on any atom is 0.149 e. The quantitative estimate of drug-likeness (QED) is 0.864. The largest absolute Gasteiger partial charge is 0.396 e. The molecule has 0 radical (unpaired) electrons. The average Bonchev–Trinajstić information content (AvgIpc) is 2.41. The number of hydrogen-bond acceptors (Lipinski definition) is 4. The lowest BCUT2D eigenvalue weighted by Crippen LogP contribution is -2.08. The summed E-state index contributed by atoms with van der Waals surface area (Å²) in [6.07, 6.45) is 4.54. The monoisotopic (exact) mass is 242 g/mol. The van der Waals surface area contributed by atoms with Crippen LogP contribution in [0.25, 0.3) is 0 Å². The van der Waals surface area contributed by atoms with Crippen LogP contribution >= 0.6 is 0 Å². The highest BCUT2D eigenvalue weighted by Gasteiger charge is 2.05. The van der Waals surface area contributed by atoms with Gasteiger partial charge in [-0.15, -0.1) is 0 Å². The second-order valence-electron chi connectivity index (χ2n) is 4.21. The topological polar surface area (TPSA) is 63.8 Å². The number of nitrogens with one attached hydrogen (secondary N) is 1. The van der Waals surface area contributed by atoms with Gasteiger partial charge in [0.15, 0.2) is 0 Å². The van der Waals surface area contributed by atoms with Crippen molar-refractivity contribution in [2.24, 2.45) is 0 Å². The number of hydrogen-bond donors (Lipinski definition) is 2. The number of aryl methyl sites for hydroxylation is 2. The van der Waals surface area contributed by atoms with Gasteiger partial charge in [-0.1, -0.05) is 13.0 Å². The van der Waals surface area contributed by atoms with Crippen molar-refractivity contribution in [2.75, 3.05) is 11.1 Å². The Balaban J connectivity index is 2.14. The van der Waals surface area contributed by atoms with E-state index < -0.39 is 0 Å². The summed E-state index contributed by atoms with van der Waals surface area (Å²) in [5.41, 5.74) is 9.99. The molecule has 0 aromatic carbocycles. The van der Waals surface area contributed by atoms with Crippen LogP contribution in [-0.4, -0.2) is 9.97 Å². The van der Waals surface area contributed by atoms with Gasteiger partial charge in [0.1, 0.15) is 5.82 Å². The second kappa shape index (κ2) is 5.49. The van der Waals surface area contributed by atoms with Crippen molar-refractivity contribution in [2.45, 2.75) is 26.8 Å². The lowest BCUT2D eigenvalue weighted by molar-refractivity contribution is 0.965. The molecule has 18 heavy (non-hydrogen) atoms. The van der Waals surface area contributed by atoms with Gasteiger partial charge >= 0.3 is 0 Å². The van der Waals surface area contributed by atoms with Crippen LogP contribution in [-0.2, 0) is 13.0 Å². The number of nitrogens with two attached hydrogens (primary N) is 1. The van der Waals surface area contributed by atoms with Gasteiger partial charge in [-0.05, 0) is 36.6 Å². The molecule has 4 heteroatoms. The molecule has 2 rings (SSSR count). The predicted molar refractivity (Wildman–Crippen MR) is 74.3 cm³/mol. The third-order valence-electron chi connectivity index (χ3n) is 3.00. The first-order valence-corrected chi connectivity index (χ1v) is 6.10. The minimum Gasteiger partial charge on any atom is -0.396 e. The fourth-order valence-electron chi connectivity index (χ4n) is 1.83. The molecule has 0 saturated heterocycles. The van der Waals surface area contributed by atoms with Gasteiger partial charge in [-0.3, -0.25) is 4.98 Å². The minimum absolute atomic E-state index is 0.644. The Morgan fingerprint density at radius 1 is 1.22 bits per heavy atom. The maximum absolute atomic E-state index is 5.97. The van der Waals surface area contributed by atoms with E-state index >= 15 is 0 Å². The molecule has 0 aliphatic carbocycles. The van der Waals surface area contributed by atoms with Crippen molar-refractivity contribution in [3.63, 3.8) is 0 Å². The fourth-order valence-corrected chi connectivity index (χ4v) is 1.83. The molecule has 2 aromatic rings. The Bertz CT molecular complexity index is 537. The van der Waals surface area contributed by atoms with Crippen LogP contribution in [0.2, 0.25) is 0 Å². The zero-order valence-electron chi connectivity index (χ0n) is 10.8. The average molecular weight is 242 g/mol. The molecule has 0 saturated carbocycles. The van der Waals surface area contributed by atoms with Crippen LogP contribution in [0, 0.1) is 6.92 Å². The summed E-state index contributed by atoms with van der Waals surface area (Å²) in [6.45, 7) is 4.74. The Kier molecular flexibility index (Phi) is 3.77. The lowest BCUT2D eigenvalue weighted by atomic mass is 10.1. The number of nitrogens with zero attached hydrogens (tertiary/aromatic N) is 2. The summed E-state index contributed by atoms with van der Waals surface area (Å²) in [4.78, 5) is 8.63. The second-order valence-corrected chi connectivity index (χ2v) is 4.21. The smallest absolute Gasteiger partial charge is 0.149 e. The van der Waals surface area contributed by atoms with E-state index in [-0.39, 0.29) is 0 Å². The molecule has 3 N–H and O–H groups in total. The number of anilines is 2. The fraction of sp³-hybridized carbons (Fsp3) is 0.286. The molecule has 0 fully saturated rings. The van der Waals surface area contributed by atoms with E-state index in [2.05, 4.69) is 28.3 Å². The van der Waals surface area contributed by atoms with Crippen LogP contribution in [0.1, 0.15) is 23.7 Å². The lowest BCUT2D eigenvalue weighted by Gasteiger charge is -2.11. The van der Waals surface area contributed by atoms with Crippen LogP contribution < -0.4 is 11.1 Å². The van der Waals surface area contributed by atoms with Crippen molar-refractivity contribution < 1.29 is 0 Å². The minimum atomic E-state index is 0.644. The molecule has 0 aliphatic rings. The summed E-state index contributed by atoms with van der Waals surface area (Å²) in [7, 11) is 0. The van der Waals surface area contributed by atoms with E-state index in [0.29, 0.717) is 12.2 Å². The Labute approximate surface area is 107 Å². The number of rotatable bonds is 4. The molecular formula is C14H18N4. The molecule has 0 unspecified atom stereocenters. The highest BCUT2D eigenvalue weighted by atomic mass is 15.0. The highest BCUT2D eigenvalue weighted by molar-refractivity contribution is 5.64. The third kappa shape index (κ3) is 2.59. The molecular weight excluding hydrogens is 224 g/mol. The normalized spacial score (nSPS) is 10.3. The molecule has 4 nitrogen and oxygen atoms in total. The number of pyridine rings is 2. The summed E-state index contributed by atoms with van der Waals surface area (Å²) < 4.78 is 0. The summed E-state index contributed by atoms with van der Waals surface area (Å²) in [5.74, 6) is 0.725. The first-order valence-electron chi connectivity index (χ1n) is 6.10. The van der Waals surface area contributed by atoms with Crippen molar-refractivity contribution in [1.29, 1.82) is 0 Å². The Morgan fingerprint density at radius 3 is 2.83 bits per heavy atom. The van der Waals surface area contributed by atoms with Crippen molar-refractivity contribution in [3.05, 3.63) is 47.4 Å². The van der Waals surface area contributed by atoms with Crippen molar-refractivity contribution >= 4 is 11.5 Å². The zero-order valence-corrected chi connectivity index (χ0v) is 10.8. The van der Waals surface area contributed by atoms with Crippen LogP contribution in [0.4, 0.5) is 11.5 Å². The molecule has 0 spiro atoms. The van der Waals surface area contributed by atoms with Crippen LogP contribution in [0.3, 0.4) is 0 Å². The van der Waals surface area contributed by atoms with E-state index in [1.54, 1.807) is 6.20 Å². The first-order chi connectivity index (χ1) is 8.72. The van der Waals surface area contributed by atoms with Gasteiger partial charge in [0.25, 0.3) is 0 Å². The summed E-state index contributed by atoms with van der Waals surface area (Å²) in [5, 5.41) is 3.25. The number of aromatic nitrogens is 2. The Morgan fingerprint density at radius 2 is 2.06 bits per heavy atom. The van der Waals surface area contributed by atoms with Crippen LogP contribution in [0.15, 0.2) is 30.6 Å². The van der Waals surface area contributed by atoms with E-state index in [1.165, 1.54) is 5.56 Å². The van der Waals surface area contributed by atoms with Crippen molar-refractivity contribution in [1.82, 2.24) is 9.97 Å². The molecule has 94 valence electrons. The zero-order chi connectivity index (χ0) is 13.0. The van der Waals surface area contributed by atoms with Crippen molar-refractivity contribution in [3.8, 4) is 0 Å².